The van der Waals surface area contributed by atoms with Crippen LogP contribution in [0.5, 0.6) is 17.2 Å². The molecule has 1 heterocycles. The van der Waals surface area contributed by atoms with Crippen molar-refractivity contribution in [2.45, 2.75) is 12.5 Å². The number of amides is 1. The van der Waals surface area contributed by atoms with Gasteiger partial charge in [-0.05, 0) is 35.4 Å². The lowest BCUT2D eigenvalue weighted by Gasteiger charge is -2.22. The first-order chi connectivity index (χ1) is 12.6. The second-order valence-electron chi connectivity index (χ2n) is 6.22. The van der Waals surface area contributed by atoms with Gasteiger partial charge in [0.1, 0.15) is 19.0 Å². The molecule has 1 N–H and O–H groups in total. The minimum absolute atomic E-state index is 0.0748. The fraction of sp³-hybridized carbons (Fsp3) is 0.350. The van der Waals surface area contributed by atoms with Gasteiger partial charge < -0.3 is 24.2 Å². The van der Waals surface area contributed by atoms with E-state index in [4.69, 9.17) is 14.2 Å². The van der Waals surface area contributed by atoms with Gasteiger partial charge in [0.2, 0.25) is 5.91 Å². The Kier molecular flexibility index (Phi) is 5.63. The molecule has 2 aromatic rings. The average molecular weight is 357 g/mol. The largest absolute Gasteiger partial charge is 0.497 e. The molecule has 1 aliphatic heterocycles. The zero-order valence-corrected chi connectivity index (χ0v) is 15.0. The summed E-state index contributed by atoms with van der Waals surface area (Å²) in [4.78, 5) is 14.0. The Hall–Kier alpha value is -2.73. The van der Waals surface area contributed by atoms with E-state index in [0.717, 1.165) is 16.9 Å². The van der Waals surface area contributed by atoms with Gasteiger partial charge in [-0.25, -0.2) is 0 Å². The number of benzene rings is 2. The van der Waals surface area contributed by atoms with Gasteiger partial charge in [0, 0.05) is 7.05 Å². The normalized spacial score (nSPS) is 13.8. The summed E-state index contributed by atoms with van der Waals surface area (Å²) in [5.74, 6) is 2.02. The van der Waals surface area contributed by atoms with E-state index in [9.17, 15) is 9.90 Å². The maximum atomic E-state index is 12.5. The smallest absolute Gasteiger partial charge is 0.226 e. The Balaban J connectivity index is 1.58. The molecule has 0 bridgehead atoms. The van der Waals surface area contributed by atoms with E-state index < -0.39 is 6.10 Å². The first kappa shape index (κ1) is 18.1. The molecule has 0 saturated carbocycles. The second-order valence-corrected chi connectivity index (χ2v) is 6.22. The van der Waals surface area contributed by atoms with Crippen LogP contribution in [0.25, 0.3) is 0 Å². The van der Waals surface area contributed by atoms with E-state index in [1.807, 2.05) is 18.2 Å². The van der Waals surface area contributed by atoms with Gasteiger partial charge in [0.05, 0.1) is 26.2 Å². The number of aliphatic hydroxyl groups excluding tert-OH is 1. The van der Waals surface area contributed by atoms with Crippen LogP contribution in [0.1, 0.15) is 17.2 Å². The minimum Gasteiger partial charge on any atom is -0.497 e. The van der Waals surface area contributed by atoms with Gasteiger partial charge in [-0.1, -0.05) is 18.2 Å². The van der Waals surface area contributed by atoms with Crippen molar-refractivity contribution in [2.75, 3.05) is 33.9 Å². The Bertz CT molecular complexity index is 759. The summed E-state index contributed by atoms with van der Waals surface area (Å²) in [5.41, 5.74) is 1.59. The summed E-state index contributed by atoms with van der Waals surface area (Å²) in [6.45, 7) is 1.27. The molecule has 3 rings (SSSR count). The van der Waals surface area contributed by atoms with Gasteiger partial charge in [-0.15, -0.1) is 0 Å². The number of rotatable bonds is 6. The quantitative estimate of drug-likeness (QED) is 0.858. The number of carbonyl (C=O) groups is 1. The summed E-state index contributed by atoms with van der Waals surface area (Å²) in [6, 6.07) is 12.7. The molecular formula is C20H23NO5. The number of likely N-dealkylation sites (N-methyl/N-ethyl adjacent to an activating group) is 1. The third-order valence-corrected chi connectivity index (χ3v) is 4.34. The van der Waals surface area contributed by atoms with Gasteiger partial charge >= 0.3 is 0 Å². The van der Waals surface area contributed by atoms with E-state index in [1.165, 1.54) is 4.90 Å². The summed E-state index contributed by atoms with van der Waals surface area (Å²) < 4.78 is 16.1. The van der Waals surface area contributed by atoms with Crippen LogP contribution in [0.3, 0.4) is 0 Å². The van der Waals surface area contributed by atoms with Crippen molar-refractivity contribution in [1.82, 2.24) is 4.90 Å². The predicted molar refractivity (Wildman–Crippen MR) is 96.7 cm³/mol. The summed E-state index contributed by atoms with van der Waals surface area (Å²) in [5, 5.41) is 10.4. The molecule has 1 unspecified atom stereocenters. The number of ether oxygens (including phenoxy) is 3. The number of methoxy groups -OCH3 is 1. The van der Waals surface area contributed by atoms with Gasteiger partial charge in [0.25, 0.3) is 0 Å². The lowest BCUT2D eigenvalue weighted by Crippen LogP contribution is -2.32. The summed E-state index contributed by atoms with van der Waals surface area (Å²) in [7, 11) is 3.28. The fourth-order valence-electron chi connectivity index (χ4n) is 2.80. The van der Waals surface area contributed by atoms with E-state index in [1.54, 1.807) is 38.4 Å². The van der Waals surface area contributed by atoms with Crippen molar-refractivity contribution in [3.8, 4) is 17.2 Å². The molecule has 0 aliphatic carbocycles. The lowest BCUT2D eigenvalue weighted by molar-refractivity contribution is -0.130. The van der Waals surface area contributed by atoms with Gasteiger partial charge in [-0.3, -0.25) is 4.79 Å². The highest BCUT2D eigenvalue weighted by Crippen LogP contribution is 2.31. The van der Waals surface area contributed by atoms with Crippen LogP contribution in [-0.2, 0) is 11.2 Å². The van der Waals surface area contributed by atoms with Crippen LogP contribution < -0.4 is 14.2 Å². The van der Waals surface area contributed by atoms with Crippen LogP contribution >= 0.6 is 0 Å². The van der Waals surface area contributed by atoms with Crippen molar-refractivity contribution < 1.29 is 24.1 Å². The molecule has 0 radical (unpaired) electrons. The molecule has 6 nitrogen and oxygen atoms in total. The van der Waals surface area contributed by atoms with Crippen molar-refractivity contribution in [2.24, 2.45) is 0 Å². The van der Waals surface area contributed by atoms with E-state index >= 15 is 0 Å². The summed E-state index contributed by atoms with van der Waals surface area (Å²) in [6.07, 6.45) is -0.516. The van der Waals surface area contributed by atoms with Gasteiger partial charge in [0.15, 0.2) is 11.5 Å². The molecule has 0 aromatic heterocycles. The van der Waals surface area contributed by atoms with Gasteiger partial charge in [-0.2, -0.15) is 0 Å². The topological polar surface area (TPSA) is 68.2 Å². The fourth-order valence-corrected chi connectivity index (χ4v) is 2.80. The lowest BCUT2D eigenvalue weighted by atomic mass is 10.1. The van der Waals surface area contributed by atoms with E-state index in [2.05, 4.69) is 0 Å². The molecule has 2 aromatic carbocycles. The Morgan fingerprint density at radius 2 is 1.85 bits per heavy atom. The molecular weight excluding hydrogens is 334 g/mol. The van der Waals surface area contributed by atoms with E-state index in [0.29, 0.717) is 24.7 Å². The predicted octanol–water partition coefficient (Wildman–Crippen LogP) is 2.20. The van der Waals surface area contributed by atoms with E-state index in [-0.39, 0.29) is 18.9 Å². The van der Waals surface area contributed by atoms with Crippen LogP contribution in [0.4, 0.5) is 0 Å². The SMILES string of the molecule is COc1ccc(C(O)CN(C)C(=O)Cc2ccc3c(c2)OCCO3)cc1. The number of hydrogen-bond acceptors (Lipinski definition) is 5. The molecule has 1 aliphatic rings. The van der Waals surface area contributed by atoms with Crippen LogP contribution in [0, 0.1) is 0 Å². The average Bonchev–Trinajstić information content (AvgIpc) is 2.67. The molecule has 6 heteroatoms. The zero-order chi connectivity index (χ0) is 18.5. The van der Waals surface area contributed by atoms with Crippen molar-refractivity contribution in [3.05, 3.63) is 53.6 Å². The number of hydrogen-bond donors (Lipinski definition) is 1. The van der Waals surface area contributed by atoms with Crippen molar-refractivity contribution in [1.29, 1.82) is 0 Å². The number of nitrogens with zero attached hydrogens (tertiary/aromatic N) is 1. The first-order valence-corrected chi connectivity index (χ1v) is 8.51. The number of carbonyl (C=O) groups excluding carboxylic acids is 1. The van der Waals surface area contributed by atoms with Crippen LogP contribution in [0.2, 0.25) is 0 Å². The Morgan fingerprint density at radius 1 is 1.15 bits per heavy atom. The molecule has 1 atom stereocenters. The summed E-state index contributed by atoms with van der Waals surface area (Å²) >= 11 is 0. The highest BCUT2D eigenvalue weighted by atomic mass is 16.6. The van der Waals surface area contributed by atoms with Crippen LogP contribution in [0.15, 0.2) is 42.5 Å². The van der Waals surface area contributed by atoms with Crippen molar-refractivity contribution in [3.63, 3.8) is 0 Å². The van der Waals surface area contributed by atoms with Crippen molar-refractivity contribution >= 4 is 5.91 Å². The number of aliphatic hydroxyl groups is 1. The Morgan fingerprint density at radius 3 is 2.54 bits per heavy atom. The molecule has 0 fully saturated rings. The maximum Gasteiger partial charge on any atom is 0.226 e. The minimum atomic E-state index is -0.755. The zero-order valence-electron chi connectivity index (χ0n) is 15.0. The maximum absolute atomic E-state index is 12.5. The monoisotopic (exact) mass is 357 g/mol. The number of fused-ring (bicyclic) bond motifs is 1. The molecule has 138 valence electrons. The highest BCUT2D eigenvalue weighted by molar-refractivity contribution is 5.78. The first-order valence-electron chi connectivity index (χ1n) is 8.51. The standard InChI is InChI=1S/C20H23NO5/c1-21(13-17(22)15-4-6-16(24-2)7-5-15)20(23)12-14-3-8-18-19(11-14)26-10-9-25-18/h3-8,11,17,22H,9-10,12-13H2,1-2H3. The molecule has 0 saturated heterocycles. The molecule has 1 amide bonds. The second kappa shape index (κ2) is 8.10. The molecule has 0 spiro atoms. The third-order valence-electron chi connectivity index (χ3n) is 4.34. The molecule has 26 heavy (non-hydrogen) atoms. The third kappa shape index (κ3) is 4.26. The highest BCUT2D eigenvalue weighted by Gasteiger charge is 2.17. The van der Waals surface area contributed by atoms with Crippen LogP contribution in [-0.4, -0.2) is 49.8 Å². The Labute approximate surface area is 152 Å².